The van der Waals surface area contributed by atoms with Gasteiger partial charge in [0.15, 0.2) is 0 Å². The molecule has 0 aliphatic heterocycles. The highest BCUT2D eigenvalue weighted by atomic mass is 32.2. The minimum Gasteiger partial charge on any atom is -0.496 e. The molecule has 0 amide bonds. The molecule has 0 aliphatic rings. The first-order chi connectivity index (χ1) is 14.9. The van der Waals surface area contributed by atoms with Crippen LogP contribution in [0.25, 0.3) is 22.2 Å². The van der Waals surface area contributed by atoms with Gasteiger partial charge >= 0.3 is 0 Å². The van der Waals surface area contributed by atoms with E-state index >= 15 is 0 Å². The summed E-state index contributed by atoms with van der Waals surface area (Å²) in [6, 6.07) is 13.2. The lowest BCUT2D eigenvalue weighted by Crippen LogP contribution is -2.32. The summed E-state index contributed by atoms with van der Waals surface area (Å²) in [4.78, 5) is 8.55. The average Bonchev–Trinajstić information content (AvgIpc) is 3.27. The van der Waals surface area contributed by atoms with E-state index in [0.29, 0.717) is 22.3 Å². The molecule has 0 bridgehead atoms. The summed E-state index contributed by atoms with van der Waals surface area (Å²) in [6.45, 7) is 3.77. The van der Waals surface area contributed by atoms with Gasteiger partial charge in [0.25, 0.3) is 0 Å². The second-order valence-electron chi connectivity index (χ2n) is 7.35. The van der Waals surface area contributed by atoms with Crippen molar-refractivity contribution in [2.75, 3.05) is 7.11 Å². The number of methoxy groups -OCH3 is 1. The van der Waals surface area contributed by atoms with Crippen LogP contribution in [0.1, 0.15) is 25.8 Å². The molecule has 160 valence electrons. The Kier molecular flexibility index (Phi) is 5.71. The summed E-state index contributed by atoms with van der Waals surface area (Å²) < 4.78 is 40.3. The maximum absolute atomic E-state index is 13.4. The van der Waals surface area contributed by atoms with Crippen molar-refractivity contribution in [1.29, 1.82) is 0 Å². The number of nitrogens with one attached hydrogen (secondary N) is 1. The van der Waals surface area contributed by atoms with Crippen molar-refractivity contribution in [3.8, 4) is 17.1 Å². The van der Waals surface area contributed by atoms with E-state index in [1.54, 1.807) is 49.8 Å². The molecule has 31 heavy (non-hydrogen) atoms. The topological polar surface area (TPSA) is 107 Å². The van der Waals surface area contributed by atoms with Crippen LogP contribution in [0.2, 0.25) is 0 Å². The number of pyridine rings is 1. The Morgan fingerprint density at radius 1 is 1.00 bits per heavy atom. The third kappa shape index (κ3) is 4.14. The fraction of sp³-hybridized carbons (Fsp3) is 0.227. The first-order valence-electron chi connectivity index (χ1n) is 9.73. The average molecular weight is 439 g/mol. The minimum absolute atomic E-state index is 0.134. The van der Waals surface area contributed by atoms with Gasteiger partial charge in [-0.25, -0.2) is 8.42 Å². The van der Waals surface area contributed by atoms with Crippen LogP contribution in [-0.4, -0.2) is 30.7 Å². The Hall–Kier alpha value is -3.30. The Balaban J connectivity index is 1.71. The largest absolute Gasteiger partial charge is 0.496 e. The predicted molar refractivity (Wildman–Crippen MR) is 116 cm³/mol. The Bertz CT molecular complexity index is 1300. The number of hydrogen-bond acceptors (Lipinski definition) is 7. The van der Waals surface area contributed by atoms with E-state index in [-0.39, 0.29) is 16.7 Å². The lowest BCUT2D eigenvalue weighted by molar-refractivity contribution is 0.311. The number of aromatic nitrogens is 3. The lowest BCUT2D eigenvalue weighted by atomic mass is 10.1. The quantitative estimate of drug-likeness (QED) is 0.465. The molecule has 0 fully saturated rings. The monoisotopic (exact) mass is 438 g/mol. The molecule has 0 aliphatic carbocycles. The molecular formula is C22H22N4O4S. The molecule has 1 unspecified atom stereocenters. The van der Waals surface area contributed by atoms with Gasteiger partial charge in [-0.3, -0.25) is 4.98 Å². The van der Waals surface area contributed by atoms with E-state index in [9.17, 15) is 8.42 Å². The summed E-state index contributed by atoms with van der Waals surface area (Å²) in [7, 11) is -2.35. The molecule has 4 rings (SSSR count). The third-order valence-corrected chi connectivity index (χ3v) is 6.45. The van der Waals surface area contributed by atoms with Crippen LogP contribution < -0.4 is 9.46 Å². The van der Waals surface area contributed by atoms with Crippen LogP contribution in [0.3, 0.4) is 0 Å². The Morgan fingerprint density at radius 2 is 1.71 bits per heavy atom. The predicted octanol–water partition coefficient (Wildman–Crippen LogP) is 3.97. The molecule has 2 aromatic carbocycles. The molecule has 2 heterocycles. The van der Waals surface area contributed by atoms with Gasteiger partial charge in [-0.15, -0.1) is 0 Å². The van der Waals surface area contributed by atoms with E-state index in [0.717, 1.165) is 5.56 Å². The molecule has 9 heteroatoms. The Morgan fingerprint density at radius 3 is 2.39 bits per heavy atom. The molecule has 0 saturated heterocycles. The van der Waals surface area contributed by atoms with Crippen molar-refractivity contribution in [3.05, 3.63) is 66.8 Å². The molecule has 4 aromatic rings. The second kappa shape index (κ2) is 8.44. The number of ether oxygens (including phenoxy) is 1. The van der Waals surface area contributed by atoms with E-state index in [2.05, 4.69) is 19.8 Å². The van der Waals surface area contributed by atoms with Crippen molar-refractivity contribution in [3.63, 3.8) is 0 Å². The lowest BCUT2D eigenvalue weighted by Gasteiger charge is -2.19. The summed E-state index contributed by atoms with van der Waals surface area (Å²) in [5, 5.41) is 5.28. The highest BCUT2D eigenvalue weighted by Gasteiger charge is 2.30. The molecule has 2 aromatic heterocycles. The van der Waals surface area contributed by atoms with Crippen molar-refractivity contribution in [1.82, 2.24) is 19.8 Å². The van der Waals surface area contributed by atoms with Gasteiger partial charge in [-0.2, -0.15) is 9.71 Å². The summed E-state index contributed by atoms with van der Waals surface area (Å²) in [5.74, 6) is 1.04. The number of benzene rings is 2. The number of sulfonamides is 1. The van der Waals surface area contributed by atoms with Crippen LogP contribution >= 0.6 is 0 Å². The van der Waals surface area contributed by atoms with E-state index in [4.69, 9.17) is 9.26 Å². The van der Waals surface area contributed by atoms with Crippen LogP contribution in [0, 0.1) is 5.92 Å². The number of nitrogens with zero attached hydrogens (tertiary/aromatic N) is 3. The molecule has 1 N–H and O–H groups in total. The fourth-order valence-corrected chi connectivity index (χ4v) is 4.89. The summed E-state index contributed by atoms with van der Waals surface area (Å²) in [6.07, 6.45) is 3.26. The first kappa shape index (κ1) is 21.0. The zero-order valence-electron chi connectivity index (χ0n) is 17.3. The summed E-state index contributed by atoms with van der Waals surface area (Å²) >= 11 is 0. The molecule has 8 nitrogen and oxygen atoms in total. The van der Waals surface area contributed by atoms with Gasteiger partial charge in [0.1, 0.15) is 11.8 Å². The number of rotatable bonds is 7. The van der Waals surface area contributed by atoms with E-state index < -0.39 is 16.1 Å². The van der Waals surface area contributed by atoms with Crippen molar-refractivity contribution >= 4 is 20.8 Å². The highest BCUT2D eigenvalue weighted by Crippen LogP contribution is 2.32. The molecule has 0 saturated carbocycles. The fourth-order valence-electron chi connectivity index (χ4n) is 3.34. The molecule has 0 radical (unpaired) electrons. The van der Waals surface area contributed by atoms with Crippen LogP contribution in [0.15, 0.2) is 70.3 Å². The summed E-state index contributed by atoms with van der Waals surface area (Å²) in [5.41, 5.74) is 0.733. The van der Waals surface area contributed by atoms with Crippen molar-refractivity contribution < 1.29 is 17.7 Å². The Labute approximate surface area is 180 Å². The third-order valence-electron chi connectivity index (χ3n) is 4.95. The maximum Gasteiger partial charge on any atom is 0.245 e. The van der Waals surface area contributed by atoms with Crippen molar-refractivity contribution in [2.45, 2.75) is 24.8 Å². The standard InChI is InChI=1S/C22H22N4O4S/c1-14(2)20(22-24-21(25-30-22)15-10-12-23-13-11-15)26-31(27,28)19-9-8-18(29-3)16-6-4-5-7-17(16)19/h4-14,20,26H,1-3H3. The molecule has 1 atom stereocenters. The van der Waals surface area contributed by atoms with Crippen LogP contribution in [-0.2, 0) is 10.0 Å². The molecular weight excluding hydrogens is 416 g/mol. The first-order valence-corrected chi connectivity index (χ1v) is 11.2. The maximum atomic E-state index is 13.4. The molecule has 0 spiro atoms. The van der Waals surface area contributed by atoms with Gasteiger partial charge in [0.2, 0.25) is 21.7 Å². The zero-order valence-corrected chi connectivity index (χ0v) is 18.1. The van der Waals surface area contributed by atoms with Gasteiger partial charge in [0.05, 0.1) is 12.0 Å². The van der Waals surface area contributed by atoms with Gasteiger partial charge in [-0.05, 0) is 30.2 Å². The normalized spacial score (nSPS) is 12.9. The van der Waals surface area contributed by atoms with Crippen molar-refractivity contribution in [2.24, 2.45) is 5.92 Å². The smallest absolute Gasteiger partial charge is 0.245 e. The van der Waals surface area contributed by atoms with Crippen LogP contribution in [0.5, 0.6) is 5.75 Å². The second-order valence-corrected chi connectivity index (χ2v) is 9.03. The van der Waals surface area contributed by atoms with E-state index in [1.165, 1.54) is 6.07 Å². The minimum atomic E-state index is -3.90. The van der Waals surface area contributed by atoms with Gasteiger partial charge in [0, 0.05) is 28.7 Å². The van der Waals surface area contributed by atoms with Gasteiger partial charge < -0.3 is 9.26 Å². The number of fused-ring (bicyclic) bond motifs is 1. The van der Waals surface area contributed by atoms with Crippen LogP contribution in [0.4, 0.5) is 0 Å². The van der Waals surface area contributed by atoms with E-state index in [1.807, 2.05) is 26.0 Å². The van der Waals surface area contributed by atoms with Gasteiger partial charge in [-0.1, -0.05) is 43.3 Å². The zero-order chi connectivity index (χ0) is 22.0. The highest BCUT2D eigenvalue weighted by molar-refractivity contribution is 7.89. The SMILES string of the molecule is COc1ccc(S(=O)(=O)NC(c2nc(-c3ccncc3)no2)C(C)C)c2ccccc12. The number of hydrogen-bond donors (Lipinski definition) is 1.